The Morgan fingerprint density at radius 1 is 1.22 bits per heavy atom. The van der Waals surface area contributed by atoms with Crippen molar-refractivity contribution in [2.75, 3.05) is 26.5 Å². The maximum atomic E-state index is 12.8. The Balaban J connectivity index is 1.77. The SMILES string of the molecule is COc1cc2c(cc1O)[C@@H]1[C@@H](c3ccc(S(C)(=O)=O)cc3)OCCN1C2=O. The topological polar surface area (TPSA) is 93.1 Å². The van der Waals surface area contributed by atoms with Gasteiger partial charge in [0.2, 0.25) is 0 Å². The molecule has 2 atom stereocenters. The van der Waals surface area contributed by atoms with Gasteiger partial charge < -0.3 is 19.5 Å². The van der Waals surface area contributed by atoms with Gasteiger partial charge in [-0.05, 0) is 35.4 Å². The number of hydrogen-bond acceptors (Lipinski definition) is 6. The van der Waals surface area contributed by atoms with Crippen molar-refractivity contribution in [3.63, 3.8) is 0 Å². The summed E-state index contributed by atoms with van der Waals surface area (Å²) in [6.07, 6.45) is 0.702. The molecule has 7 nitrogen and oxygen atoms in total. The van der Waals surface area contributed by atoms with Gasteiger partial charge in [-0.25, -0.2) is 8.42 Å². The van der Waals surface area contributed by atoms with Crippen LogP contribution in [0.2, 0.25) is 0 Å². The number of phenols is 1. The average Bonchev–Trinajstić information content (AvgIpc) is 2.92. The van der Waals surface area contributed by atoms with E-state index in [1.165, 1.54) is 19.2 Å². The smallest absolute Gasteiger partial charge is 0.255 e. The van der Waals surface area contributed by atoms with Gasteiger partial charge in [-0.1, -0.05) is 12.1 Å². The number of carbonyl (C=O) groups excluding carboxylic acids is 1. The zero-order valence-electron chi connectivity index (χ0n) is 14.9. The van der Waals surface area contributed by atoms with Crippen LogP contribution in [0.15, 0.2) is 41.3 Å². The Bertz CT molecular complexity index is 1020. The minimum Gasteiger partial charge on any atom is -0.504 e. The molecule has 27 heavy (non-hydrogen) atoms. The number of sulfone groups is 1. The van der Waals surface area contributed by atoms with Crippen molar-refractivity contribution in [3.8, 4) is 11.5 Å². The van der Waals surface area contributed by atoms with Crippen molar-refractivity contribution in [1.82, 2.24) is 4.90 Å². The third kappa shape index (κ3) is 2.85. The number of rotatable bonds is 3. The van der Waals surface area contributed by atoms with Gasteiger partial charge >= 0.3 is 0 Å². The van der Waals surface area contributed by atoms with Crippen LogP contribution in [0.4, 0.5) is 0 Å². The van der Waals surface area contributed by atoms with Crippen LogP contribution >= 0.6 is 0 Å². The molecule has 0 bridgehead atoms. The predicted octanol–water partition coefficient (Wildman–Crippen LogP) is 2.07. The molecule has 1 N–H and O–H groups in total. The molecule has 0 spiro atoms. The standard InChI is InChI=1S/C19H19NO6S/c1-25-16-10-14-13(9-15(16)21)17-18(26-8-7-20(17)19(14)22)11-3-5-12(6-4-11)27(2,23)24/h3-6,9-10,17-18,21H,7-8H2,1-2H3/t17-,18-/m1/s1. The summed E-state index contributed by atoms with van der Waals surface area (Å²) in [5.74, 6) is 0.0777. The van der Waals surface area contributed by atoms with Crippen molar-refractivity contribution in [3.05, 3.63) is 53.1 Å². The molecular formula is C19H19NO6S. The summed E-state index contributed by atoms with van der Waals surface area (Å²) < 4.78 is 34.4. The Morgan fingerprint density at radius 3 is 2.56 bits per heavy atom. The molecule has 2 aromatic carbocycles. The number of benzene rings is 2. The Kier molecular flexibility index (Phi) is 4.12. The zero-order chi connectivity index (χ0) is 19.3. The highest BCUT2D eigenvalue weighted by atomic mass is 32.2. The van der Waals surface area contributed by atoms with Gasteiger partial charge in [0.15, 0.2) is 21.3 Å². The molecule has 0 aliphatic carbocycles. The molecule has 0 saturated carbocycles. The van der Waals surface area contributed by atoms with E-state index < -0.39 is 15.9 Å². The second kappa shape index (κ2) is 6.24. The summed E-state index contributed by atoms with van der Waals surface area (Å²) >= 11 is 0. The summed E-state index contributed by atoms with van der Waals surface area (Å²) in [5.41, 5.74) is 1.93. The van der Waals surface area contributed by atoms with E-state index in [9.17, 15) is 18.3 Å². The number of phenolic OH excluding ortho intramolecular Hbond substituents is 1. The number of methoxy groups -OCH3 is 1. The Morgan fingerprint density at radius 2 is 1.93 bits per heavy atom. The lowest BCUT2D eigenvalue weighted by molar-refractivity contribution is -0.0570. The third-order valence-corrected chi connectivity index (χ3v) is 6.18. The van der Waals surface area contributed by atoms with Crippen molar-refractivity contribution in [1.29, 1.82) is 0 Å². The van der Waals surface area contributed by atoms with E-state index in [4.69, 9.17) is 9.47 Å². The van der Waals surface area contributed by atoms with Gasteiger partial charge in [0, 0.05) is 18.4 Å². The van der Waals surface area contributed by atoms with Crippen LogP contribution in [-0.4, -0.2) is 50.8 Å². The van der Waals surface area contributed by atoms with E-state index in [1.807, 2.05) is 0 Å². The molecule has 2 aliphatic rings. The first-order chi connectivity index (χ1) is 12.8. The summed E-state index contributed by atoms with van der Waals surface area (Å²) in [6.45, 7) is 0.816. The normalized spacial score (nSPS) is 21.7. The highest BCUT2D eigenvalue weighted by Crippen LogP contribution is 2.48. The van der Waals surface area contributed by atoms with Crippen molar-refractivity contribution in [2.45, 2.75) is 17.0 Å². The van der Waals surface area contributed by atoms with Gasteiger partial charge in [0.05, 0.1) is 24.7 Å². The number of nitrogens with zero attached hydrogens (tertiary/aromatic N) is 1. The first-order valence-electron chi connectivity index (χ1n) is 8.44. The lowest BCUT2D eigenvalue weighted by atomic mass is 9.94. The Labute approximate surface area is 157 Å². The quantitative estimate of drug-likeness (QED) is 0.864. The fourth-order valence-corrected chi connectivity index (χ4v) is 4.38. The lowest BCUT2D eigenvalue weighted by Gasteiger charge is -2.37. The van der Waals surface area contributed by atoms with Crippen molar-refractivity contribution in [2.24, 2.45) is 0 Å². The molecule has 142 valence electrons. The van der Waals surface area contributed by atoms with Crippen molar-refractivity contribution < 1.29 is 27.8 Å². The lowest BCUT2D eigenvalue weighted by Crippen LogP contribution is -2.40. The molecule has 2 heterocycles. The van der Waals surface area contributed by atoms with E-state index in [-0.39, 0.29) is 28.3 Å². The molecule has 2 aliphatic heterocycles. The van der Waals surface area contributed by atoms with Crippen LogP contribution in [0.25, 0.3) is 0 Å². The van der Waals surface area contributed by atoms with Crippen LogP contribution in [0.5, 0.6) is 11.5 Å². The summed E-state index contributed by atoms with van der Waals surface area (Å²) in [5, 5.41) is 10.2. The monoisotopic (exact) mass is 389 g/mol. The molecule has 0 unspecified atom stereocenters. The second-order valence-corrected chi connectivity index (χ2v) is 8.70. The van der Waals surface area contributed by atoms with Crippen molar-refractivity contribution >= 4 is 15.7 Å². The highest BCUT2D eigenvalue weighted by Gasteiger charge is 2.45. The van der Waals surface area contributed by atoms with E-state index in [0.29, 0.717) is 24.3 Å². The fourth-order valence-electron chi connectivity index (χ4n) is 3.75. The number of fused-ring (bicyclic) bond motifs is 3. The molecule has 2 aromatic rings. The summed E-state index contributed by atoms with van der Waals surface area (Å²) in [4.78, 5) is 14.8. The third-order valence-electron chi connectivity index (χ3n) is 5.05. The van der Waals surface area contributed by atoms with E-state index in [1.54, 1.807) is 29.2 Å². The van der Waals surface area contributed by atoms with Gasteiger partial charge in [0.25, 0.3) is 5.91 Å². The van der Waals surface area contributed by atoms with Gasteiger partial charge in [0.1, 0.15) is 6.10 Å². The highest BCUT2D eigenvalue weighted by molar-refractivity contribution is 7.90. The maximum Gasteiger partial charge on any atom is 0.255 e. The molecule has 0 aromatic heterocycles. The number of aromatic hydroxyl groups is 1. The number of morpholine rings is 1. The van der Waals surface area contributed by atoms with Gasteiger partial charge in [-0.2, -0.15) is 0 Å². The number of hydrogen-bond donors (Lipinski definition) is 1. The first kappa shape index (κ1) is 17.8. The van der Waals surface area contributed by atoms with Gasteiger partial charge in [-0.3, -0.25) is 4.79 Å². The van der Waals surface area contributed by atoms with Crippen LogP contribution in [0.1, 0.15) is 33.6 Å². The zero-order valence-corrected chi connectivity index (χ0v) is 15.7. The maximum absolute atomic E-state index is 12.8. The summed E-state index contributed by atoms with van der Waals surface area (Å²) in [7, 11) is -1.86. The van der Waals surface area contributed by atoms with Crippen LogP contribution in [0, 0.1) is 0 Å². The Hall–Kier alpha value is -2.58. The fraction of sp³-hybridized carbons (Fsp3) is 0.316. The van der Waals surface area contributed by atoms with Gasteiger partial charge in [-0.15, -0.1) is 0 Å². The molecule has 0 radical (unpaired) electrons. The number of amides is 1. The largest absolute Gasteiger partial charge is 0.504 e. The van der Waals surface area contributed by atoms with Crippen LogP contribution in [-0.2, 0) is 14.6 Å². The first-order valence-corrected chi connectivity index (χ1v) is 10.3. The number of ether oxygens (including phenoxy) is 2. The van der Waals surface area contributed by atoms with Crippen LogP contribution < -0.4 is 4.74 Å². The minimum absolute atomic E-state index is 0.0392. The molecule has 1 amide bonds. The molecular weight excluding hydrogens is 370 g/mol. The van der Waals surface area contributed by atoms with Crippen LogP contribution in [0.3, 0.4) is 0 Å². The van der Waals surface area contributed by atoms with E-state index in [0.717, 1.165) is 11.8 Å². The molecule has 4 rings (SSSR count). The van der Waals surface area contributed by atoms with E-state index in [2.05, 4.69) is 0 Å². The predicted molar refractivity (Wildman–Crippen MR) is 96.7 cm³/mol. The second-order valence-electron chi connectivity index (χ2n) is 6.69. The molecule has 1 saturated heterocycles. The average molecular weight is 389 g/mol. The molecule has 8 heteroatoms. The summed E-state index contributed by atoms with van der Waals surface area (Å²) in [6, 6.07) is 9.19. The minimum atomic E-state index is -3.29. The van der Waals surface area contributed by atoms with E-state index >= 15 is 0 Å². The number of carbonyl (C=O) groups is 1. The molecule has 1 fully saturated rings.